The van der Waals surface area contributed by atoms with Crippen LogP contribution in [0.4, 0.5) is 5.69 Å². The topological polar surface area (TPSA) is 98.3 Å². The van der Waals surface area contributed by atoms with E-state index in [-0.39, 0.29) is 23.3 Å². The molecule has 6 heteroatoms. The second kappa shape index (κ2) is 5.79. The summed E-state index contributed by atoms with van der Waals surface area (Å²) in [6.45, 7) is 3.56. The molecule has 1 atom stereocenters. The molecule has 1 fully saturated rings. The minimum absolute atomic E-state index is 0.0677. The lowest BCUT2D eigenvalue weighted by atomic mass is 10.2. The maximum atomic E-state index is 10.5. The third kappa shape index (κ3) is 3.64. The maximum absolute atomic E-state index is 10.5. The van der Waals surface area contributed by atoms with Gasteiger partial charge in [-0.25, -0.2) is 0 Å². The summed E-state index contributed by atoms with van der Waals surface area (Å²) in [6, 6.07) is 0. The zero-order valence-electron chi connectivity index (χ0n) is 8.77. The lowest BCUT2D eigenvalue weighted by Gasteiger charge is -2.02. The number of aromatic amines is 1. The molecule has 88 valence electrons. The van der Waals surface area contributed by atoms with E-state index >= 15 is 0 Å². The number of H-pyrrole nitrogens is 1. The number of carbonyl (C=O) groups excluding carboxylic acids is 1. The predicted molar refractivity (Wildman–Crippen MR) is 57.7 cm³/mol. The smallest absolute Gasteiger partial charge is 0.306 e. The average Bonchev–Trinajstić information content (AvgIpc) is 2.80. The van der Waals surface area contributed by atoms with Gasteiger partial charge in [-0.05, 0) is 6.42 Å². The van der Waals surface area contributed by atoms with Gasteiger partial charge in [-0.15, -0.1) is 6.58 Å². The van der Waals surface area contributed by atoms with Crippen molar-refractivity contribution in [2.45, 2.75) is 25.4 Å². The van der Waals surface area contributed by atoms with Crippen molar-refractivity contribution < 1.29 is 14.1 Å². The molecule has 1 aliphatic rings. The summed E-state index contributed by atoms with van der Waals surface area (Å²) < 4.78 is 9.17. The Labute approximate surface area is 92.0 Å². The van der Waals surface area contributed by atoms with Crippen molar-refractivity contribution in [2.24, 2.45) is 0 Å². The Balaban J connectivity index is 0.000000165. The van der Waals surface area contributed by atoms with Crippen molar-refractivity contribution in [3.05, 3.63) is 29.3 Å². The van der Waals surface area contributed by atoms with E-state index in [1.165, 1.54) is 0 Å². The number of esters is 1. The van der Waals surface area contributed by atoms with Gasteiger partial charge in [0.15, 0.2) is 0 Å². The molecule has 6 nitrogen and oxygen atoms in total. The molecule has 1 saturated heterocycles. The molecule has 0 aromatic carbocycles. The fourth-order valence-corrected chi connectivity index (χ4v) is 1.19. The van der Waals surface area contributed by atoms with Gasteiger partial charge < -0.3 is 15.0 Å². The van der Waals surface area contributed by atoms with E-state index < -0.39 is 0 Å². The molecule has 0 aliphatic carbocycles. The fourth-order valence-electron chi connectivity index (χ4n) is 1.19. The molecule has 0 bridgehead atoms. The first kappa shape index (κ1) is 12.1. The number of anilines is 1. The molecular weight excluding hydrogens is 212 g/mol. The van der Waals surface area contributed by atoms with Crippen LogP contribution in [0.5, 0.6) is 0 Å². The van der Waals surface area contributed by atoms with E-state index in [0.29, 0.717) is 6.42 Å². The van der Waals surface area contributed by atoms with E-state index in [2.05, 4.69) is 11.1 Å². The Morgan fingerprint density at radius 3 is 2.69 bits per heavy atom. The Kier molecular flexibility index (Phi) is 4.38. The second-order valence-electron chi connectivity index (χ2n) is 3.30. The van der Waals surface area contributed by atoms with E-state index in [1.807, 2.05) is 5.16 Å². The van der Waals surface area contributed by atoms with Crippen molar-refractivity contribution >= 4 is 11.7 Å². The summed E-state index contributed by atoms with van der Waals surface area (Å²) in [5.74, 6) is -0.0677. The van der Waals surface area contributed by atoms with E-state index in [1.54, 1.807) is 6.08 Å². The summed E-state index contributed by atoms with van der Waals surface area (Å²) in [7, 11) is 0. The number of aromatic nitrogens is 1. The highest BCUT2D eigenvalue weighted by Gasteiger charge is 2.21. The van der Waals surface area contributed by atoms with E-state index in [0.717, 1.165) is 19.1 Å². The number of cyclic esters (lactones) is 1. The Bertz CT molecular complexity index is 407. The highest BCUT2D eigenvalue weighted by molar-refractivity contribution is 5.71. The van der Waals surface area contributed by atoms with Crippen molar-refractivity contribution in [3.63, 3.8) is 0 Å². The van der Waals surface area contributed by atoms with Gasteiger partial charge in [-0.1, -0.05) is 6.08 Å². The Hall–Kier alpha value is -1.98. The molecule has 2 heterocycles. The van der Waals surface area contributed by atoms with Crippen LogP contribution in [0.3, 0.4) is 0 Å². The highest BCUT2D eigenvalue weighted by atomic mass is 16.5. The maximum Gasteiger partial charge on any atom is 0.306 e. The molecule has 0 saturated carbocycles. The lowest BCUT2D eigenvalue weighted by Crippen LogP contribution is -2.04. The van der Waals surface area contributed by atoms with Gasteiger partial charge >= 0.3 is 11.5 Å². The van der Waals surface area contributed by atoms with Gasteiger partial charge in [-0.2, -0.15) is 5.16 Å². The first-order valence-electron chi connectivity index (χ1n) is 4.85. The first-order chi connectivity index (χ1) is 7.63. The van der Waals surface area contributed by atoms with E-state index in [9.17, 15) is 9.59 Å². The molecule has 0 amide bonds. The number of nitrogens with two attached hydrogens (primary N) is 1. The molecule has 1 unspecified atom stereocenters. The molecule has 0 spiro atoms. The van der Waals surface area contributed by atoms with Crippen molar-refractivity contribution in [1.82, 2.24) is 5.16 Å². The van der Waals surface area contributed by atoms with Crippen LogP contribution in [0.15, 0.2) is 28.2 Å². The molecule has 16 heavy (non-hydrogen) atoms. The lowest BCUT2D eigenvalue weighted by molar-refractivity contribution is -0.141. The molecule has 2 rings (SSSR count). The third-order valence-corrected chi connectivity index (χ3v) is 2.00. The zero-order valence-corrected chi connectivity index (χ0v) is 8.77. The van der Waals surface area contributed by atoms with Crippen LogP contribution in [-0.4, -0.2) is 17.2 Å². The number of ether oxygens (including phenoxy) is 1. The zero-order chi connectivity index (χ0) is 12.0. The molecule has 1 aliphatic heterocycles. The van der Waals surface area contributed by atoms with E-state index in [4.69, 9.17) is 10.5 Å². The molecular formula is C10H14N2O4. The number of rotatable bonds is 2. The Morgan fingerprint density at radius 2 is 2.38 bits per heavy atom. The van der Waals surface area contributed by atoms with Crippen molar-refractivity contribution in [3.8, 4) is 0 Å². The fraction of sp³-hybridized carbons (Fsp3) is 0.400. The summed E-state index contributed by atoms with van der Waals surface area (Å²) in [4.78, 5) is 20.6. The highest BCUT2D eigenvalue weighted by Crippen LogP contribution is 2.16. The van der Waals surface area contributed by atoms with Gasteiger partial charge in [0.1, 0.15) is 18.1 Å². The summed E-state index contributed by atoms with van der Waals surface area (Å²) in [5, 5.41) is 2.01. The predicted octanol–water partition coefficient (Wildman–Crippen LogP) is 0.818. The standard InChI is InChI=1S/C7H10O2.C3H4N2O2/c1-2-3-6-4-5-7(8)9-6;4-2-1-7-5-3(2)6/h2,6H,1,3-5H2;1H,4H2,(H,5,6). The van der Waals surface area contributed by atoms with Gasteiger partial charge in [0.05, 0.1) is 0 Å². The summed E-state index contributed by atoms with van der Waals surface area (Å²) >= 11 is 0. The van der Waals surface area contributed by atoms with Gasteiger partial charge in [0.25, 0.3) is 0 Å². The SMILES string of the molecule is C=CCC1CCC(=O)O1.Nc1co[nH]c1=O. The van der Waals surface area contributed by atoms with Crippen LogP contribution in [0.2, 0.25) is 0 Å². The van der Waals surface area contributed by atoms with Crippen LogP contribution in [0.25, 0.3) is 0 Å². The van der Waals surface area contributed by atoms with Crippen LogP contribution >= 0.6 is 0 Å². The van der Waals surface area contributed by atoms with Gasteiger partial charge in [0, 0.05) is 12.8 Å². The van der Waals surface area contributed by atoms with Gasteiger partial charge in [0.2, 0.25) is 0 Å². The normalized spacial score (nSPS) is 18.5. The van der Waals surface area contributed by atoms with Crippen LogP contribution in [0.1, 0.15) is 19.3 Å². The van der Waals surface area contributed by atoms with Crippen molar-refractivity contribution in [2.75, 3.05) is 5.73 Å². The third-order valence-electron chi connectivity index (χ3n) is 2.00. The second-order valence-corrected chi connectivity index (χ2v) is 3.30. The molecule has 1 aromatic rings. The average molecular weight is 226 g/mol. The van der Waals surface area contributed by atoms with Gasteiger partial charge in [-0.3, -0.25) is 9.59 Å². The number of nitrogen functional groups attached to an aromatic ring is 1. The van der Waals surface area contributed by atoms with Crippen LogP contribution < -0.4 is 11.3 Å². The quantitative estimate of drug-likeness (QED) is 0.574. The number of hydrogen-bond donors (Lipinski definition) is 2. The summed E-state index contributed by atoms with van der Waals surface area (Å²) in [5.41, 5.74) is 4.74. The molecule has 3 N–H and O–H groups in total. The van der Waals surface area contributed by atoms with Crippen LogP contribution in [0, 0.1) is 0 Å². The molecule has 0 radical (unpaired) electrons. The largest absolute Gasteiger partial charge is 0.462 e. The molecule has 1 aromatic heterocycles. The number of carbonyl (C=O) groups is 1. The minimum Gasteiger partial charge on any atom is -0.462 e. The summed E-state index contributed by atoms with van der Waals surface area (Å²) in [6.07, 6.45) is 5.30. The van der Waals surface area contributed by atoms with Crippen LogP contribution in [-0.2, 0) is 9.53 Å². The monoisotopic (exact) mass is 226 g/mol. The Morgan fingerprint density at radius 1 is 1.62 bits per heavy atom. The first-order valence-corrected chi connectivity index (χ1v) is 4.85. The number of hydrogen-bond acceptors (Lipinski definition) is 5. The minimum atomic E-state index is -0.375. The van der Waals surface area contributed by atoms with Crippen molar-refractivity contribution in [1.29, 1.82) is 0 Å². The number of nitrogens with one attached hydrogen (secondary N) is 1.